The van der Waals surface area contributed by atoms with Gasteiger partial charge in [-0.2, -0.15) is 0 Å². The Bertz CT molecular complexity index is 532. The molecule has 1 aromatic carbocycles. The van der Waals surface area contributed by atoms with Crippen LogP contribution in [0.25, 0.3) is 0 Å². The molecule has 2 aliphatic rings. The number of anilines is 1. The molecule has 0 bridgehead atoms. The first kappa shape index (κ1) is 22.1. The zero-order chi connectivity index (χ0) is 16.2. The quantitative estimate of drug-likeness (QED) is 0.845. The van der Waals surface area contributed by atoms with E-state index in [4.69, 9.17) is 0 Å². The summed E-state index contributed by atoms with van der Waals surface area (Å²) < 4.78 is 0. The molecule has 0 aromatic heterocycles. The Morgan fingerprint density at radius 1 is 1.08 bits per heavy atom. The lowest BCUT2D eigenvalue weighted by atomic mass is 9.94. The van der Waals surface area contributed by atoms with Crippen LogP contribution in [0.1, 0.15) is 48.9 Å². The molecular weight excluding hydrogens is 357 g/mol. The third-order valence-electron chi connectivity index (χ3n) is 5.57. The summed E-state index contributed by atoms with van der Waals surface area (Å²) in [5, 5.41) is 3.09. The van der Waals surface area contributed by atoms with E-state index >= 15 is 0 Å². The molecule has 1 amide bonds. The maximum absolute atomic E-state index is 12.7. The molecule has 3 rings (SSSR count). The third-order valence-corrected chi connectivity index (χ3v) is 5.57. The number of halogens is 2. The van der Waals surface area contributed by atoms with E-state index in [2.05, 4.69) is 10.2 Å². The van der Waals surface area contributed by atoms with Gasteiger partial charge < -0.3 is 10.2 Å². The number of carbonyl (C=O) groups is 1. The molecule has 0 radical (unpaired) electrons. The summed E-state index contributed by atoms with van der Waals surface area (Å²) in [6, 6.07) is 8.87. The molecule has 1 heterocycles. The Morgan fingerprint density at radius 2 is 1.72 bits per heavy atom. The summed E-state index contributed by atoms with van der Waals surface area (Å²) in [6.07, 6.45) is 7.94. The molecule has 1 aromatic rings. The molecule has 142 valence electrons. The predicted molar refractivity (Wildman–Crippen MR) is 109 cm³/mol. The number of carbonyl (C=O) groups excluding carboxylic acids is 1. The average Bonchev–Trinajstić information content (AvgIpc) is 3.11. The number of benzene rings is 1. The van der Waals surface area contributed by atoms with Crippen molar-refractivity contribution in [1.29, 1.82) is 0 Å². The molecule has 1 aliphatic heterocycles. The molecule has 1 saturated heterocycles. The highest BCUT2D eigenvalue weighted by Crippen LogP contribution is 2.27. The van der Waals surface area contributed by atoms with Crippen LogP contribution >= 0.6 is 24.8 Å². The van der Waals surface area contributed by atoms with Crippen LogP contribution in [0.15, 0.2) is 24.3 Å². The average molecular weight is 388 g/mol. The zero-order valence-electron chi connectivity index (χ0n) is 15.2. The van der Waals surface area contributed by atoms with Gasteiger partial charge in [-0.15, -0.1) is 24.8 Å². The minimum Gasteiger partial charge on any atom is -0.388 e. The highest BCUT2D eigenvalue weighted by atomic mass is 35.5. The summed E-state index contributed by atoms with van der Waals surface area (Å²) >= 11 is 0. The lowest BCUT2D eigenvalue weighted by Gasteiger charge is -2.32. The number of hydrogen-bond donors (Lipinski definition) is 1. The van der Waals surface area contributed by atoms with Gasteiger partial charge in [0.25, 0.3) is 5.91 Å². The summed E-state index contributed by atoms with van der Waals surface area (Å²) in [6.45, 7) is 2.19. The van der Waals surface area contributed by atoms with Gasteiger partial charge in [0.1, 0.15) is 0 Å². The van der Waals surface area contributed by atoms with E-state index in [0.717, 1.165) is 36.8 Å². The Hall–Kier alpha value is -0.970. The minimum atomic E-state index is 0. The fraction of sp³-hybridized carbons (Fsp3) is 0.632. The Balaban J connectivity index is 0.00000156. The van der Waals surface area contributed by atoms with Crippen molar-refractivity contribution in [2.45, 2.75) is 50.6 Å². The Labute approximate surface area is 164 Å². The molecule has 1 saturated carbocycles. The number of hydrogen-bond acceptors (Lipinski definition) is 3. The van der Waals surface area contributed by atoms with Crippen molar-refractivity contribution in [1.82, 2.24) is 9.80 Å². The van der Waals surface area contributed by atoms with E-state index in [0.29, 0.717) is 6.04 Å². The summed E-state index contributed by atoms with van der Waals surface area (Å²) in [5.74, 6) is 0.142. The minimum absolute atomic E-state index is 0. The lowest BCUT2D eigenvalue weighted by Crippen LogP contribution is -2.41. The fourth-order valence-electron chi connectivity index (χ4n) is 4.01. The molecule has 1 unspecified atom stereocenters. The second-order valence-electron chi connectivity index (χ2n) is 6.97. The normalized spacial score (nSPS) is 21.1. The van der Waals surface area contributed by atoms with Gasteiger partial charge in [0.2, 0.25) is 0 Å². The maximum Gasteiger partial charge on any atom is 0.253 e. The predicted octanol–water partition coefficient (Wildman–Crippen LogP) is 4.05. The van der Waals surface area contributed by atoms with Crippen molar-refractivity contribution >= 4 is 36.4 Å². The Kier molecular flexibility index (Phi) is 9.04. The number of nitrogens with one attached hydrogen (secondary N) is 1. The first-order valence-corrected chi connectivity index (χ1v) is 8.98. The summed E-state index contributed by atoms with van der Waals surface area (Å²) in [4.78, 5) is 17.3. The monoisotopic (exact) mass is 387 g/mol. The van der Waals surface area contributed by atoms with Crippen LogP contribution in [-0.4, -0.2) is 55.0 Å². The topological polar surface area (TPSA) is 35.6 Å². The maximum atomic E-state index is 12.7. The van der Waals surface area contributed by atoms with Gasteiger partial charge in [0.15, 0.2) is 0 Å². The molecule has 0 spiro atoms. The number of nitrogens with zero attached hydrogens (tertiary/aromatic N) is 2. The van der Waals surface area contributed by atoms with Crippen molar-refractivity contribution in [2.24, 2.45) is 0 Å². The smallest absolute Gasteiger partial charge is 0.253 e. The highest BCUT2D eigenvalue weighted by molar-refractivity contribution is 5.94. The van der Waals surface area contributed by atoms with Crippen LogP contribution in [0.4, 0.5) is 5.69 Å². The van der Waals surface area contributed by atoms with Crippen molar-refractivity contribution in [3.05, 3.63) is 29.8 Å². The number of likely N-dealkylation sites (N-methyl/N-ethyl adjacent to an activating group) is 1. The molecule has 1 atom stereocenters. The molecule has 1 N–H and O–H groups in total. The van der Waals surface area contributed by atoms with E-state index < -0.39 is 0 Å². The summed E-state index contributed by atoms with van der Waals surface area (Å²) in [7, 11) is 3.85. The summed E-state index contributed by atoms with van der Waals surface area (Å²) in [5.41, 5.74) is 1.82. The molecular formula is C19H31Cl2N3O. The first-order valence-electron chi connectivity index (χ1n) is 8.98. The van der Waals surface area contributed by atoms with Gasteiger partial charge in [-0.05, 0) is 43.5 Å². The highest BCUT2D eigenvalue weighted by Gasteiger charge is 2.32. The van der Waals surface area contributed by atoms with Crippen LogP contribution in [-0.2, 0) is 0 Å². The SMILES string of the molecule is CNc1ccc(C(=O)N(C)C2CCN(C3CCCCC3)C2)cc1.Cl.Cl. The van der Waals surface area contributed by atoms with Crippen molar-refractivity contribution in [3.63, 3.8) is 0 Å². The van der Waals surface area contributed by atoms with Gasteiger partial charge in [-0.25, -0.2) is 0 Å². The second kappa shape index (κ2) is 10.2. The van der Waals surface area contributed by atoms with Crippen molar-refractivity contribution < 1.29 is 4.79 Å². The van der Waals surface area contributed by atoms with Gasteiger partial charge in [-0.1, -0.05) is 19.3 Å². The van der Waals surface area contributed by atoms with E-state index in [-0.39, 0.29) is 30.7 Å². The van der Waals surface area contributed by atoms with E-state index in [1.807, 2.05) is 43.3 Å². The van der Waals surface area contributed by atoms with Crippen molar-refractivity contribution in [2.75, 3.05) is 32.5 Å². The van der Waals surface area contributed by atoms with Gasteiger partial charge >= 0.3 is 0 Å². The Morgan fingerprint density at radius 3 is 2.32 bits per heavy atom. The van der Waals surface area contributed by atoms with Gasteiger partial charge in [-0.3, -0.25) is 9.69 Å². The number of likely N-dealkylation sites (tertiary alicyclic amines) is 1. The third kappa shape index (κ3) is 5.25. The van der Waals surface area contributed by atoms with Crippen molar-refractivity contribution in [3.8, 4) is 0 Å². The van der Waals surface area contributed by atoms with E-state index in [1.165, 1.54) is 32.1 Å². The van der Waals surface area contributed by atoms with E-state index in [9.17, 15) is 4.79 Å². The first-order chi connectivity index (χ1) is 11.2. The standard InChI is InChI=1S/C19H29N3O.2ClH/c1-20-16-10-8-15(9-11-16)19(23)21(2)18-12-13-22(14-18)17-6-4-3-5-7-17;;/h8-11,17-18,20H,3-7,12-14H2,1-2H3;2*1H. The second-order valence-corrected chi connectivity index (χ2v) is 6.97. The van der Waals surface area contributed by atoms with E-state index in [1.54, 1.807) is 0 Å². The van der Waals surface area contributed by atoms with Crippen LogP contribution in [0.3, 0.4) is 0 Å². The van der Waals surface area contributed by atoms with Gasteiger partial charge in [0.05, 0.1) is 0 Å². The number of rotatable bonds is 4. The van der Waals surface area contributed by atoms with Crippen LogP contribution in [0.5, 0.6) is 0 Å². The van der Waals surface area contributed by atoms with Crippen LogP contribution in [0.2, 0.25) is 0 Å². The molecule has 6 heteroatoms. The molecule has 2 fully saturated rings. The van der Waals surface area contributed by atoms with Crippen LogP contribution < -0.4 is 5.32 Å². The van der Waals surface area contributed by atoms with Gasteiger partial charge in [0, 0.05) is 50.5 Å². The number of amides is 1. The lowest BCUT2D eigenvalue weighted by molar-refractivity contribution is 0.0726. The largest absolute Gasteiger partial charge is 0.388 e. The fourth-order valence-corrected chi connectivity index (χ4v) is 4.01. The molecule has 1 aliphatic carbocycles. The molecule has 25 heavy (non-hydrogen) atoms. The molecule has 4 nitrogen and oxygen atoms in total. The zero-order valence-corrected chi connectivity index (χ0v) is 16.9. The van der Waals surface area contributed by atoms with Crippen LogP contribution in [0, 0.1) is 0 Å².